The van der Waals surface area contributed by atoms with Gasteiger partial charge < -0.3 is 10.6 Å². The first-order valence-electron chi connectivity index (χ1n) is 9.89. The fraction of sp³-hybridized carbons (Fsp3) is 0.120. The van der Waals surface area contributed by atoms with Gasteiger partial charge in [-0.25, -0.2) is 4.79 Å². The zero-order valence-electron chi connectivity index (χ0n) is 16.0. The Labute approximate surface area is 169 Å². The molecule has 0 fully saturated rings. The molecular formula is C25H21N3O. The van der Waals surface area contributed by atoms with Crippen LogP contribution in [0.15, 0.2) is 79.1 Å². The van der Waals surface area contributed by atoms with Crippen molar-refractivity contribution in [3.8, 4) is 11.1 Å². The highest BCUT2D eigenvalue weighted by Crippen LogP contribution is 2.29. The Morgan fingerprint density at radius 1 is 0.828 bits per heavy atom. The van der Waals surface area contributed by atoms with Gasteiger partial charge in [-0.1, -0.05) is 36.4 Å². The van der Waals surface area contributed by atoms with E-state index in [1.54, 1.807) is 0 Å². The molecule has 4 aromatic rings. The smallest absolute Gasteiger partial charge is 0.308 e. The van der Waals surface area contributed by atoms with Gasteiger partial charge in [0, 0.05) is 29.2 Å². The summed E-state index contributed by atoms with van der Waals surface area (Å²) in [5.74, 6) is 0. The molecule has 1 heterocycles. The van der Waals surface area contributed by atoms with Crippen molar-refractivity contribution in [2.45, 2.75) is 19.3 Å². The number of rotatable bonds is 3. The molecule has 0 saturated carbocycles. The molecule has 0 aliphatic heterocycles. The van der Waals surface area contributed by atoms with E-state index in [-0.39, 0.29) is 6.03 Å². The average molecular weight is 379 g/mol. The van der Waals surface area contributed by atoms with E-state index < -0.39 is 0 Å². The second-order valence-corrected chi connectivity index (χ2v) is 7.40. The van der Waals surface area contributed by atoms with E-state index in [1.165, 1.54) is 17.5 Å². The van der Waals surface area contributed by atoms with E-state index in [9.17, 15) is 4.79 Å². The number of aryl methyl sites for hydroxylation is 2. The molecule has 1 aromatic heterocycles. The van der Waals surface area contributed by atoms with Crippen molar-refractivity contribution in [2.75, 3.05) is 10.6 Å². The first-order chi connectivity index (χ1) is 14.3. The van der Waals surface area contributed by atoms with Crippen molar-refractivity contribution in [1.29, 1.82) is 0 Å². The van der Waals surface area contributed by atoms with Crippen LogP contribution in [0.4, 0.5) is 16.2 Å². The summed E-state index contributed by atoms with van der Waals surface area (Å²) in [4.78, 5) is 16.6. The van der Waals surface area contributed by atoms with E-state index in [0.717, 1.165) is 46.1 Å². The first kappa shape index (κ1) is 17.4. The molecule has 4 heteroatoms. The molecule has 1 aliphatic carbocycles. The minimum atomic E-state index is -0.230. The van der Waals surface area contributed by atoms with Gasteiger partial charge in [-0.3, -0.25) is 4.98 Å². The van der Waals surface area contributed by atoms with Crippen molar-refractivity contribution in [3.63, 3.8) is 0 Å². The normalized spacial score (nSPS) is 12.6. The number of nitrogens with one attached hydrogen (secondary N) is 2. The molecule has 0 bridgehead atoms. The lowest BCUT2D eigenvalue weighted by molar-refractivity contribution is 0.262. The van der Waals surface area contributed by atoms with Gasteiger partial charge in [0.1, 0.15) is 0 Å². The van der Waals surface area contributed by atoms with Crippen molar-refractivity contribution < 1.29 is 4.79 Å². The molecule has 0 spiro atoms. The molecule has 0 saturated heterocycles. The third kappa shape index (κ3) is 3.57. The average Bonchev–Trinajstić information content (AvgIpc) is 3.22. The Hall–Kier alpha value is -3.66. The number of urea groups is 1. The quantitative estimate of drug-likeness (QED) is 0.456. The molecule has 0 radical (unpaired) electrons. The van der Waals surface area contributed by atoms with E-state index in [0.29, 0.717) is 0 Å². The molecule has 142 valence electrons. The van der Waals surface area contributed by atoms with Gasteiger partial charge in [0.05, 0.1) is 0 Å². The number of fused-ring (bicyclic) bond motifs is 2. The van der Waals surface area contributed by atoms with Crippen LogP contribution in [-0.2, 0) is 12.8 Å². The molecule has 3 aromatic carbocycles. The maximum atomic E-state index is 12.4. The first-order valence-corrected chi connectivity index (χ1v) is 9.89. The van der Waals surface area contributed by atoms with Crippen molar-refractivity contribution >= 4 is 28.2 Å². The number of nitrogens with zero attached hydrogens (tertiary/aromatic N) is 1. The van der Waals surface area contributed by atoms with Crippen molar-refractivity contribution in [3.05, 3.63) is 90.3 Å². The van der Waals surface area contributed by atoms with Crippen LogP contribution in [0.1, 0.15) is 17.5 Å². The fourth-order valence-corrected chi connectivity index (χ4v) is 4.05. The van der Waals surface area contributed by atoms with Gasteiger partial charge >= 0.3 is 6.03 Å². The van der Waals surface area contributed by atoms with Gasteiger partial charge in [-0.05, 0) is 77.2 Å². The minimum absolute atomic E-state index is 0.230. The largest absolute Gasteiger partial charge is 0.323 e. The van der Waals surface area contributed by atoms with Crippen molar-refractivity contribution in [1.82, 2.24) is 4.98 Å². The van der Waals surface area contributed by atoms with Crippen LogP contribution in [0, 0.1) is 0 Å². The molecule has 5 rings (SSSR count). The minimum Gasteiger partial charge on any atom is -0.308 e. The van der Waals surface area contributed by atoms with E-state index in [1.807, 2.05) is 54.9 Å². The third-order valence-electron chi connectivity index (χ3n) is 5.49. The predicted molar refractivity (Wildman–Crippen MR) is 118 cm³/mol. The molecule has 0 unspecified atom stereocenters. The monoisotopic (exact) mass is 379 g/mol. The lowest BCUT2D eigenvalue weighted by Crippen LogP contribution is -2.19. The third-order valence-corrected chi connectivity index (χ3v) is 5.49. The lowest BCUT2D eigenvalue weighted by Gasteiger charge is -2.11. The van der Waals surface area contributed by atoms with Gasteiger partial charge in [-0.15, -0.1) is 0 Å². The number of pyridine rings is 1. The number of carbonyl (C=O) groups is 1. The van der Waals surface area contributed by atoms with Gasteiger partial charge in [0.2, 0.25) is 0 Å². The lowest BCUT2D eigenvalue weighted by atomic mass is 9.99. The van der Waals surface area contributed by atoms with Crippen LogP contribution in [0.2, 0.25) is 0 Å². The number of benzene rings is 3. The van der Waals surface area contributed by atoms with E-state index in [4.69, 9.17) is 0 Å². The van der Waals surface area contributed by atoms with Crippen LogP contribution < -0.4 is 10.6 Å². The summed E-state index contributed by atoms with van der Waals surface area (Å²) in [6.45, 7) is 0. The second-order valence-electron chi connectivity index (χ2n) is 7.40. The van der Waals surface area contributed by atoms with Gasteiger partial charge in [0.25, 0.3) is 0 Å². The van der Waals surface area contributed by atoms with Crippen LogP contribution in [0.5, 0.6) is 0 Å². The summed E-state index contributed by atoms with van der Waals surface area (Å²) in [6.07, 6.45) is 7.12. The van der Waals surface area contributed by atoms with Crippen LogP contribution in [-0.4, -0.2) is 11.0 Å². The zero-order valence-corrected chi connectivity index (χ0v) is 16.0. The van der Waals surface area contributed by atoms with Gasteiger partial charge in [-0.2, -0.15) is 0 Å². The highest BCUT2D eigenvalue weighted by Gasteiger charge is 2.12. The molecular weight excluding hydrogens is 358 g/mol. The number of hydrogen-bond donors (Lipinski definition) is 2. The predicted octanol–water partition coefficient (Wildman–Crippen LogP) is 6.03. The fourth-order valence-electron chi connectivity index (χ4n) is 4.05. The summed E-state index contributed by atoms with van der Waals surface area (Å²) in [5.41, 5.74) is 6.59. The van der Waals surface area contributed by atoms with E-state index in [2.05, 4.69) is 39.9 Å². The maximum Gasteiger partial charge on any atom is 0.323 e. The van der Waals surface area contributed by atoms with Crippen molar-refractivity contribution in [2.24, 2.45) is 0 Å². The Balaban J connectivity index is 1.31. The molecule has 1 aliphatic rings. The SMILES string of the molecule is O=C(Nc1ccc(-c2cccc3cnccc23)cc1)Nc1ccc2c(c1)CCC2. The molecule has 0 atom stereocenters. The standard InChI is InChI=1S/C25H21N3O/c29-25(28-22-12-7-17-3-1-4-19(17)15-22)27-21-10-8-18(9-11-21)23-6-2-5-20-16-26-14-13-24(20)23/h2,5-16H,1,3-4H2,(H2,27,28,29). The molecule has 2 N–H and O–H groups in total. The number of hydrogen-bond acceptors (Lipinski definition) is 2. The molecule has 29 heavy (non-hydrogen) atoms. The number of amides is 2. The Kier molecular flexibility index (Phi) is 4.45. The van der Waals surface area contributed by atoms with Crippen LogP contribution in [0.25, 0.3) is 21.9 Å². The Bertz CT molecular complexity index is 1190. The molecule has 2 amide bonds. The number of carbonyl (C=O) groups excluding carboxylic acids is 1. The summed E-state index contributed by atoms with van der Waals surface area (Å²) in [7, 11) is 0. The highest BCUT2D eigenvalue weighted by atomic mass is 16.2. The summed E-state index contributed by atoms with van der Waals surface area (Å²) in [5, 5.41) is 8.12. The highest BCUT2D eigenvalue weighted by molar-refractivity contribution is 6.00. The maximum absolute atomic E-state index is 12.4. The topological polar surface area (TPSA) is 54.0 Å². The number of anilines is 2. The van der Waals surface area contributed by atoms with E-state index >= 15 is 0 Å². The zero-order chi connectivity index (χ0) is 19.6. The summed E-state index contributed by atoms with van der Waals surface area (Å²) in [6, 6.07) is 22.1. The summed E-state index contributed by atoms with van der Waals surface area (Å²) < 4.78 is 0. The second kappa shape index (κ2) is 7.40. The Morgan fingerprint density at radius 3 is 2.52 bits per heavy atom. The molecule has 4 nitrogen and oxygen atoms in total. The summed E-state index contributed by atoms with van der Waals surface area (Å²) >= 11 is 0. The Morgan fingerprint density at radius 2 is 1.62 bits per heavy atom. The van der Waals surface area contributed by atoms with Gasteiger partial charge in [0.15, 0.2) is 0 Å². The van der Waals surface area contributed by atoms with Crippen LogP contribution >= 0.6 is 0 Å². The number of aromatic nitrogens is 1. The van der Waals surface area contributed by atoms with Crippen LogP contribution in [0.3, 0.4) is 0 Å².